The first-order valence-electron chi connectivity index (χ1n) is 7.35. The number of anilines is 1. The molecule has 0 radical (unpaired) electrons. The molecule has 1 saturated heterocycles. The molecule has 1 N–H and O–H groups in total. The highest BCUT2D eigenvalue weighted by Crippen LogP contribution is 2.21. The Labute approximate surface area is 116 Å². The molecular weight excluding hydrogens is 236 g/mol. The maximum absolute atomic E-state index is 9.55. The van der Waals surface area contributed by atoms with Gasteiger partial charge in [0.15, 0.2) is 0 Å². The zero-order chi connectivity index (χ0) is 13.7. The van der Waals surface area contributed by atoms with E-state index in [9.17, 15) is 5.11 Å². The van der Waals surface area contributed by atoms with Gasteiger partial charge in [-0.1, -0.05) is 18.2 Å². The Morgan fingerprint density at radius 1 is 1.37 bits per heavy atom. The zero-order valence-corrected chi connectivity index (χ0v) is 12.1. The van der Waals surface area contributed by atoms with Crippen molar-refractivity contribution < 1.29 is 5.11 Å². The van der Waals surface area contributed by atoms with Crippen LogP contribution in [0.4, 0.5) is 5.69 Å². The standard InChI is InChI=1S/C16H26N2O/c1-14(19)13-16-9-6-10-18(16)12-11-17(2)15-7-4-3-5-8-15/h3-5,7-8,14,16,19H,6,9-13H2,1-2H3. The van der Waals surface area contributed by atoms with E-state index in [4.69, 9.17) is 0 Å². The third kappa shape index (κ3) is 4.22. The molecule has 0 bridgehead atoms. The van der Waals surface area contributed by atoms with Crippen LogP contribution in [0.25, 0.3) is 0 Å². The van der Waals surface area contributed by atoms with Crippen LogP contribution in [0.2, 0.25) is 0 Å². The lowest BCUT2D eigenvalue weighted by atomic mass is 10.1. The molecule has 0 aliphatic carbocycles. The molecule has 106 valence electrons. The van der Waals surface area contributed by atoms with E-state index in [0.29, 0.717) is 6.04 Å². The summed E-state index contributed by atoms with van der Waals surface area (Å²) in [4.78, 5) is 4.84. The minimum Gasteiger partial charge on any atom is -0.393 e. The average molecular weight is 262 g/mol. The largest absolute Gasteiger partial charge is 0.393 e. The maximum Gasteiger partial charge on any atom is 0.0527 e. The quantitative estimate of drug-likeness (QED) is 0.852. The number of likely N-dealkylation sites (tertiary alicyclic amines) is 1. The predicted molar refractivity (Wildman–Crippen MR) is 80.6 cm³/mol. The van der Waals surface area contributed by atoms with Crippen LogP contribution >= 0.6 is 0 Å². The second-order valence-corrected chi connectivity index (χ2v) is 5.67. The lowest BCUT2D eigenvalue weighted by molar-refractivity contribution is 0.135. The molecule has 1 heterocycles. The second kappa shape index (κ2) is 6.92. The summed E-state index contributed by atoms with van der Waals surface area (Å²) < 4.78 is 0. The van der Waals surface area contributed by atoms with E-state index in [1.54, 1.807) is 0 Å². The van der Waals surface area contributed by atoms with Crippen LogP contribution in [-0.4, -0.2) is 48.8 Å². The molecule has 0 spiro atoms. The van der Waals surface area contributed by atoms with Gasteiger partial charge in [0, 0.05) is 31.9 Å². The third-order valence-corrected chi connectivity index (χ3v) is 4.03. The van der Waals surface area contributed by atoms with Gasteiger partial charge in [-0.15, -0.1) is 0 Å². The molecule has 0 saturated carbocycles. The monoisotopic (exact) mass is 262 g/mol. The minimum atomic E-state index is -0.183. The molecule has 2 rings (SSSR count). The number of benzene rings is 1. The number of likely N-dealkylation sites (N-methyl/N-ethyl adjacent to an activating group) is 1. The van der Waals surface area contributed by atoms with Crippen LogP contribution in [-0.2, 0) is 0 Å². The number of para-hydroxylation sites is 1. The number of hydrogen-bond acceptors (Lipinski definition) is 3. The first kappa shape index (κ1) is 14.4. The van der Waals surface area contributed by atoms with Gasteiger partial charge in [-0.05, 0) is 44.9 Å². The lowest BCUT2D eigenvalue weighted by Gasteiger charge is -2.28. The molecule has 2 atom stereocenters. The van der Waals surface area contributed by atoms with E-state index in [2.05, 4.69) is 47.2 Å². The van der Waals surface area contributed by atoms with Crippen molar-refractivity contribution >= 4 is 5.69 Å². The van der Waals surface area contributed by atoms with Crippen LogP contribution in [0, 0.1) is 0 Å². The molecule has 19 heavy (non-hydrogen) atoms. The molecule has 3 heteroatoms. The van der Waals surface area contributed by atoms with Crippen molar-refractivity contribution in [1.29, 1.82) is 0 Å². The normalized spacial score (nSPS) is 21.5. The Hall–Kier alpha value is -1.06. The number of hydrogen-bond donors (Lipinski definition) is 1. The van der Waals surface area contributed by atoms with Crippen molar-refractivity contribution in [3.05, 3.63) is 30.3 Å². The molecule has 2 unspecified atom stereocenters. The maximum atomic E-state index is 9.55. The number of aliphatic hydroxyl groups excluding tert-OH is 1. The van der Waals surface area contributed by atoms with Gasteiger partial charge < -0.3 is 10.0 Å². The first-order chi connectivity index (χ1) is 9.16. The van der Waals surface area contributed by atoms with Crippen molar-refractivity contribution in [3.8, 4) is 0 Å². The minimum absolute atomic E-state index is 0.183. The summed E-state index contributed by atoms with van der Waals surface area (Å²) in [6.07, 6.45) is 3.24. The van der Waals surface area contributed by atoms with E-state index < -0.39 is 0 Å². The van der Waals surface area contributed by atoms with Crippen molar-refractivity contribution in [2.45, 2.75) is 38.3 Å². The van der Waals surface area contributed by atoms with Crippen LogP contribution in [0.5, 0.6) is 0 Å². The fourth-order valence-electron chi connectivity index (χ4n) is 2.94. The third-order valence-electron chi connectivity index (χ3n) is 4.03. The van der Waals surface area contributed by atoms with E-state index in [1.807, 2.05) is 6.92 Å². The topological polar surface area (TPSA) is 26.7 Å². The van der Waals surface area contributed by atoms with Gasteiger partial charge in [0.25, 0.3) is 0 Å². The van der Waals surface area contributed by atoms with E-state index in [0.717, 1.165) is 19.5 Å². The summed E-state index contributed by atoms with van der Waals surface area (Å²) in [5.74, 6) is 0. The summed E-state index contributed by atoms with van der Waals surface area (Å²) in [6.45, 7) is 5.20. The fraction of sp³-hybridized carbons (Fsp3) is 0.625. The Morgan fingerprint density at radius 3 is 2.79 bits per heavy atom. The molecular formula is C16H26N2O. The van der Waals surface area contributed by atoms with Crippen LogP contribution < -0.4 is 4.90 Å². The van der Waals surface area contributed by atoms with Gasteiger partial charge in [0.05, 0.1) is 6.10 Å². The molecule has 1 aliphatic rings. The summed E-state index contributed by atoms with van der Waals surface area (Å²) in [5.41, 5.74) is 1.27. The van der Waals surface area contributed by atoms with E-state index in [-0.39, 0.29) is 6.10 Å². The van der Waals surface area contributed by atoms with Gasteiger partial charge >= 0.3 is 0 Å². The Bertz CT molecular complexity index is 366. The Morgan fingerprint density at radius 2 is 2.11 bits per heavy atom. The van der Waals surface area contributed by atoms with Gasteiger partial charge in [0.2, 0.25) is 0 Å². The number of nitrogens with zero attached hydrogens (tertiary/aromatic N) is 2. The van der Waals surface area contributed by atoms with Crippen molar-refractivity contribution in [1.82, 2.24) is 4.90 Å². The molecule has 1 aromatic carbocycles. The van der Waals surface area contributed by atoms with Gasteiger partial charge in [-0.3, -0.25) is 4.90 Å². The molecule has 3 nitrogen and oxygen atoms in total. The van der Waals surface area contributed by atoms with Gasteiger partial charge in [0.1, 0.15) is 0 Å². The van der Waals surface area contributed by atoms with Crippen molar-refractivity contribution in [2.24, 2.45) is 0 Å². The smallest absolute Gasteiger partial charge is 0.0527 e. The number of aliphatic hydroxyl groups is 1. The highest BCUT2D eigenvalue weighted by molar-refractivity contribution is 5.44. The molecule has 1 aromatic rings. The Kier molecular flexibility index (Phi) is 5.23. The van der Waals surface area contributed by atoms with Gasteiger partial charge in [-0.2, -0.15) is 0 Å². The average Bonchev–Trinajstić information content (AvgIpc) is 2.83. The van der Waals surface area contributed by atoms with E-state index in [1.165, 1.54) is 25.1 Å². The highest BCUT2D eigenvalue weighted by atomic mass is 16.3. The van der Waals surface area contributed by atoms with Crippen LogP contribution in [0.3, 0.4) is 0 Å². The molecule has 1 fully saturated rings. The Balaban J connectivity index is 1.81. The highest BCUT2D eigenvalue weighted by Gasteiger charge is 2.25. The summed E-state index contributed by atoms with van der Waals surface area (Å²) in [5, 5.41) is 9.55. The lowest BCUT2D eigenvalue weighted by Crippen LogP contribution is -2.37. The zero-order valence-electron chi connectivity index (χ0n) is 12.1. The van der Waals surface area contributed by atoms with Crippen molar-refractivity contribution in [3.63, 3.8) is 0 Å². The molecule has 0 aromatic heterocycles. The SMILES string of the molecule is CC(O)CC1CCCN1CCN(C)c1ccccc1. The second-order valence-electron chi connectivity index (χ2n) is 5.67. The molecule has 0 amide bonds. The summed E-state index contributed by atoms with van der Waals surface area (Å²) in [6, 6.07) is 11.1. The molecule has 1 aliphatic heterocycles. The predicted octanol–water partition coefficient (Wildman–Crippen LogP) is 2.36. The van der Waals surface area contributed by atoms with Crippen molar-refractivity contribution in [2.75, 3.05) is 31.6 Å². The summed E-state index contributed by atoms with van der Waals surface area (Å²) >= 11 is 0. The van der Waals surface area contributed by atoms with Gasteiger partial charge in [-0.25, -0.2) is 0 Å². The summed E-state index contributed by atoms with van der Waals surface area (Å²) in [7, 11) is 2.15. The van der Waals surface area contributed by atoms with Crippen LogP contribution in [0.1, 0.15) is 26.2 Å². The van der Waals surface area contributed by atoms with E-state index >= 15 is 0 Å². The fourth-order valence-corrected chi connectivity index (χ4v) is 2.94. The van der Waals surface area contributed by atoms with Crippen LogP contribution in [0.15, 0.2) is 30.3 Å². The first-order valence-corrected chi connectivity index (χ1v) is 7.35. The number of rotatable bonds is 6.